The molecule has 11 nitrogen and oxygen atoms in total. The minimum atomic E-state index is -5.42. The lowest BCUT2D eigenvalue weighted by Crippen LogP contribution is -2.34. The van der Waals surface area contributed by atoms with Gasteiger partial charge in [-0.2, -0.15) is 0 Å². The summed E-state index contributed by atoms with van der Waals surface area (Å²) in [4.78, 5) is 48.8. The summed E-state index contributed by atoms with van der Waals surface area (Å²) in [5, 5.41) is 0. The Hall–Kier alpha value is -3.59. The van der Waals surface area contributed by atoms with Crippen LogP contribution in [0.5, 0.6) is 23.0 Å². The minimum Gasteiger partial charge on any atom is -0.456 e. The van der Waals surface area contributed by atoms with Gasteiger partial charge in [-0.25, -0.2) is 40.3 Å². The molecule has 1 spiro atoms. The SMILES string of the molecule is O=C1OC2(c3cc(F)c(OP(=O)(O)O)cc3Oc3cc(OP(=O)(O)O)c(F)cc32)c2c(F)c(F)c(F)c(F)c21. The van der Waals surface area contributed by atoms with Crippen molar-refractivity contribution < 1.29 is 78.4 Å². The molecule has 206 valence electrons. The summed E-state index contributed by atoms with van der Waals surface area (Å²) < 4.78 is 129. The van der Waals surface area contributed by atoms with Crippen LogP contribution in [0.15, 0.2) is 24.3 Å². The van der Waals surface area contributed by atoms with E-state index < -0.39 is 107 Å². The Bertz CT molecular complexity index is 1640. The van der Waals surface area contributed by atoms with Crippen molar-refractivity contribution in [3.8, 4) is 23.0 Å². The second-order valence-corrected chi connectivity index (χ2v) is 10.2. The van der Waals surface area contributed by atoms with Gasteiger partial charge in [-0.15, -0.1) is 0 Å². The number of esters is 1. The summed E-state index contributed by atoms with van der Waals surface area (Å²) in [6, 6.07) is 1.45. The highest BCUT2D eigenvalue weighted by atomic mass is 31.2. The summed E-state index contributed by atoms with van der Waals surface area (Å²) >= 11 is 0. The normalized spacial score (nSPS) is 15.3. The molecule has 0 aromatic heterocycles. The lowest BCUT2D eigenvalue weighted by molar-refractivity contribution is 0.0212. The van der Waals surface area contributed by atoms with Gasteiger partial charge in [0.2, 0.25) is 0 Å². The molecule has 0 amide bonds. The van der Waals surface area contributed by atoms with E-state index >= 15 is 4.39 Å². The number of fused-ring (bicyclic) bond motifs is 6. The van der Waals surface area contributed by atoms with Gasteiger partial charge < -0.3 is 18.5 Å². The molecule has 3 aromatic carbocycles. The Morgan fingerprint density at radius 2 is 1.13 bits per heavy atom. The van der Waals surface area contributed by atoms with E-state index in [1.165, 1.54) is 0 Å². The summed E-state index contributed by atoms with van der Waals surface area (Å²) in [7, 11) is -10.8. The van der Waals surface area contributed by atoms with Crippen LogP contribution in [0.4, 0.5) is 26.3 Å². The number of halogens is 6. The van der Waals surface area contributed by atoms with Gasteiger partial charge in [0.05, 0.1) is 16.7 Å². The number of carbonyl (C=O) groups excluding carboxylic acids is 1. The van der Waals surface area contributed by atoms with E-state index in [0.717, 1.165) is 0 Å². The smallest absolute Gasteiger partial charge is 0.456 e. The molecule has 5 rings (SSSR count). The van der Waals surface area contributed by atoms with Crippen LogP contribution in [-0.2, 0) is 19.5 Å². The van der Waals surface area contributed by atoms with Gasteiger partial charge >= 0.3 is 21.6 Å². The first-order valence-corrected chi connectivity index (χ1v) is 13.0. The lowest BCUT2D eigenvalue weighted by Gasteiger charge is -2.37. The Morgan fingerprint density at radius 1 is 0.692 bits per heavy atom. The van der Waals surface area contributed by atoms with Crippen molar-refractivity contribution in [1.82, 2.24) is 0 Å². The van der Waals surface area contributed by atoms with Crippen molar-refractivity contribution in [3.63, 3.8) is 0 Å². The fourth-order valence-electron chi connectivity index (χ4n) is 4.22. The summed E-state index contributed by atoms with van der Waals surface area (Å²) in [5.74, 6) is -18.4. The molecule has 0 saturated heterocycles. The average molecular weight is 600 g/mol. The maximum absolute atomic E-state index is 15.2. The maximum atomic E-state index is 15.2. The zero-order valence-corrected chi connectivity index (χ0v) is 19.9. The molecule has 2 aliphatic heterocycles. The monoisotopic (exact) mass is 600 g/mol. The van der Waals surface area contributed by atoms with Gasteiger partial charge in [0.15, 0.2) is 52.0 Å². The molecule has 0 bridgehead atoms. The first kappa shape index (κ1) is 27.0. The van der Waals surface area contributed by atoms with Crippen molar-refractivity contribution in [1.29, 1.82) is 0 Å². The largest absolute Gasteiger partial charge is 0.524 e. The first-order chi connectivity index (χ1) is 17.9. The van der Waals surface area contributed by atoms with Crippen LogP contribution in [0.25, 0.3) is 0 Å². The summed E-state index contributed by atoms with van der Waals surface area (Å²) in [6.45, 7) is 0. The van der Waals surface area contributed by atoms with Gasteiger partial charge in [0.1, 0.15) is 17.1 Å². The molecule has 2 aliphatic rings. The number of carbonyl (C=O) groups is 1. The highest BCUT2D eigenvalue weighted by Gasteiger charge is 2.58. The molecule has 39 heavy (non-hydrogen) atoms. The van der Waals surface area contributed by atoms with Crippen LogP contribution in [0.3, 0.4) is 0 Å². The van der Waals surface area contributed by atoms with Crippen LogP contribution in [0.2, 0.25) is 0 Å². The lowest BCUT2D eigenvalue weighted by atomic mass is 9.77. The van der Waals surface area contributed by atoms with Gasteiger partial charge in [-0.3, -0.25) is 19.6 Å². The molecule has 4 N–H and O–H groups in total. The maximum Gasteiger partial charge on any atom is 0.524 e. The Kier molecular flexibility index (Phi) is 5.85. The third kappa shape index (κ3) is 4.14. The molecule has 19 heteroatoms. The van der Waals surface area contributed by atoms with E-state index in [-0.39, 0.29) is 0 Å². The number of rotatable bonds is 4. The minimum absolute atomic E-state index is 0.294. The predicted molar refractivity (Wildman–Crippen MR) is 110 cm³/mol. The predicted octanol–water partition coefficient (Wildman–Crippen LogP) is 4.03. The fraction of sp³-hybridized carbons (Fsp3) is 0.0500. The van der Waals surface area contributed by atoms with Crippen LogP contribution in [0, 0.1) is 34.9 Å². The molecule has 0 unspecified atom stereocenters. The summed E-state index contributed by atoms with van der Waals surface area (Å²) in [6.07, 6.45) is 0. The summed E-state index contributed by atoms with van der Waals surface area (Å²) in [5.41, 5.74) is -7.63. The number of benzene rings is 3. The van der Waals surface area contributed by atoms with Gasteiger partial charge in [0.25, 0.3) is 0 Å². The van der Waals surface area contributed by atoms with Crippen molar-refractivity contribution >= 4 is 21.6 Å². The standard InChI is InChI=1S/C20H8F6O11P2/c21-7-1-5-9(3-11(7)36-38(28,29)30)34-10-4-12(37-39(31,32)33)8(22)2-6(10)20(5)14-13(19(27)35-20)15(23)17(25)18(26)16(14)24/h1-4H,(H2,28,29,30)(H2,31,32,33). The van der Waals surface area contributed by atoms with Gasteiger partial charge in [0, 0.05) is 12.1 Å². The third-order valence-electron chi connectivity index (χ3n) is 5.55. The molecule has 0 saturated carbocycles. The van der Waals surface area contributed by atoms with Gasteiger partial charge in [-0.1, -0.05) is 0 Å². The quantitative estimate of drug-likeness (QED) is 0.112. The van der Waals surface area contributed by atoms with E-state index in [0.29, 0.717) is 24.3 Å². The van der Waals surface area contributed by atoms with Crippen LogP contribution < -0.4 is 13.8 Å². The molecule has 3 aromatic rings. The molecule has 0 fully saturated rings. The Balaban J connectivity index is 1.90. The highest BCUT2D eigenvalue weighted by molar-refractivity contribution is 7.47. The second-order valence-electron chi connectivity index (χ2n) is 7.90. The zero-order chi connectivity index (χ0) is 28.8. The number of ether oxygens (including phenoxy) is 2. The molecular weight excluding hydrogens is 592 g/mol. The molecule has 0 radical (unpaired) electrons. The number of phosphoric acid groups is 2. The fourth-order valence-corrected chi connectivity index (χ4v) is 5.01. The number of phosphoric ester groups is 2. The molecule has 2 heterocycles. The van der Waals surface area contributed by atoms with Crippen LogP contribution >= 0.6 is 15.6 Å². The molecule has 0 aliphatic carbocycles. The molecule has 0 atom stereocenters. The van der Waals surface area contributed by atoms with E-state index in [9.17, 15) is 35.9 Å². The average Bonchev–Trinajstić information content (AvgIpc) is 3.10. The number of hydrogen-bond acceptors (Lipinski definition) is 7. The van der Waals surface area contributed by atoms with E-state index in [4.69, 9.17) is 29.0 Å². The van der Waals surface area contributed by atoms with E-state index in [2.05, 4.69) is 9.05 Å². The molecular formula is C20H8F6O11P2. The Labute approximate surface area is 210 Å². The van der Waals surface area contributed by atoms with Gasteiger partial charge in [-0.05, 0) is 12.1 Å². The highest BCUT2D eigenvalue weighted by Crippen LogP contribution is 2.59. The zero-order valence-electron chi connectivity index (χ0n) is 18.1. The second kappa shape index (κ2) is 8.45. The first-order valence-electron chi connectivity index (χ1n) is 9.90. The van der Waals surface area contributed by atoms with Crippen molar-refractivity contribution in [2.75, 3.05) is 0 Å². The van der Waals surface area contributed by atoms with E-state index in [1.54, 1.807) is 0 Å². The Morgan fingerprint density at radius 3 is 1.56 bits per heavy atom. The third-order valence-corrected chi connectivity index (χ3v) is 6.42. The van der Waals surface area contributed by atoms with Crippen LogP contribution in [-0.4, -0.2) is 25.5 Å². The van der Waals surface area contributed by atoms with Crippen LogP contribution in [0.1, 0.15) is 27.0 Å². The van der Waals surface area contributed by atoms with Crippen molar-refractivity contribution in [2.24, 2.45) is 0 Å². The van der Waals surface area contributed by atoms with E-state index in [1.807, 2.05) is 0 Å². The van der Waals surface area contributed by atoms with Crippen molar-refractivity contribution in [3.05, 3.63) is 81.4 Å². The topological polar surface area (TPSA) is 169 Å². The van der Waals surface area contributed by atoms with Crippen molar-refractivity contribution in [2.45, 2.75) is 5.60 Å². The number of hydrogen-bond donors (Lipinski definition) is 4.